The number of aromatic nitrogens is 1. The molecule has 0 spiro atoms. The Balaban J connectivity index is 1.84. The van der Waals surface area contributed by atoms with E-state index in [4.69, 9.17) is 27.6 Å². The van der Waals surface area contributed by atoms with Crippen LogP contribution in [0.25, 0.3) is 11.1 Å². The first kappa shape index (κ1) is 18.7. The van der Waals surface area contributed by atoms with Crippen LogP contribution in [0.1, 0.15) is 31.7 Å². The third kappa shape index (κ3) is 4.77. The number of carbonyl (C=O) groups excluding carboxylic acids is 1. The van der Waals surface area contributed by atoms with Crippen LogP contribution in [-0.4, -0.2) is 15.8 Å². The molecule has 1 heterocycles. The van der Waals surface area contributed by atoms with E-state index in [0.717, 1.165) is 5.56 Å². The Hall–Kier alpha value is -2.04. The minimum absolute atomic E-state index is 0.0558. The van der Waals surface area contributed by atoms with Gasteiger partial charge in [-0.25, -0.2) is 4.98 Å². The monoisotopic (exact) mass is 390 g/mol. The number of benzene rings is 2. The van der Waals surface area contributed by atoms with Gasteiger partial charge in [0.2, 0.25) is 11.8 Å². The van der Waals surface area contributed by atoms with Gasteiger partial charge in [0.15, 0.2) is 5.58 Å². The van der Waals surface area contributed by atoms with Gasteiger partial charge in [-0.15, -0.1) is 0 Å². The number of rotatable bonds is 6. The molecule has 0 aliphatic heterocycles. The van der Waals surface area contributed by atoms with Crippen molar-refractivity contribution >= 4 is 40.2 Å². The third-order valence-corrected chi connectivity index (χ3v) is 4.39. The quantitative estimate of drug-likeness (QED) is 0.541. The van der Waals surface area contributed by atoms with Gasteiger partial charge in [-0.2, -0.15) is 0 Å². The molecule has 0 radical (unpaired) electrons. The molecule has 0 saturated carbocycles. The summed E-state index contributed by atoms with van der Waals surface area (Å²) >= 11 is 12.1. The van der Waals surface area contributed by atoms with Crippen molar-refractivity contribution < 1.29 is 9.21 Å². The summed E-state index contributed by atoms with van der Waals surface area (Å²) in [6.07, 6.45) is 0.465. The van der Waals surface area contributed by atoms with Crippen LogP contribution in [0.3, 0.4) is 0 Å². The molecule has 6 heteroatoms. The highest BCUT2D eigenvalue weighted by Gasteiger charge is 2.19. The van der Waals surface area contributed by atoms with Crippen LogP contribution in [0.2, 0.25) is 10.0 Å². The third-order valence-electron chi connectivity index (χ3n) is 3.92. The lowest BCUT2D eigenvalue weighted by Gasteiger charge is -2.22. The second-order valence-electron chi connectivity index (χ2n) is 6.70. The van der Waals surface area contributed by atoms with Gasteiger partial charge in [-0.1, -0.05) is 49.2 Å². The van der Waals surface area contributed by atoms with Crippen molar-refractivity contribution in [2.45, 2.75) is 33.4 Å². The summed E-state index contributed by atoms with van der Waals surface area (Å²) < 4.78 is 5.78. The first-order valence-corrected chi connectivity index (χ1v) is 9.23. The van der Waals surface area contributed by atoms with Crippen molar-refractivity contribution in [2.24, 2.45) is 5.92 Å². The maximum Gasteiger partial charge on any atom is 0.223 e. The maximum absolute atomic E-state index is 12.7. The second-order valence-corrected chi connectivity index (χ2v) is 7.57. The van der Waals surface area contributed by atoms with Gasteiger partial charge in [0.25, 0.3) is 0 Å². The summed E-state index contributed by atoms with van der Waals surface area (Å²) in [7, 11) is 0. The first-order valence-electron chi connectivity index (χ1n) is 8.48. The molecule has 1 amide bonds. The normalized spacial score (nSPS) is 11.3. The molecular weight excluding hydrogens is 371 g/mol. The van der Waals surface area contributed by atoms with E-state index in [1.807, 2.05) is 38.1 Å². The summed E-state index contributed by atoms with van der Waals surface area (Å²) in [4.78, 5) is 18.9. The fourth-order valence-electron chi connectivity index (χ4n) is 2.75. The molecule has 0 unspecified atom stereocenters. The summed E-state index contributed by atoms with van der Waals surface area (Å²) in [5.41, 5.74) is 2.31. The Morgan fingerprint density at radius 1 is 1.12 bits per heavy atom. The average molecular weight is 391 g/mol. The zero-order valence-corrected chi connectivity index (χ0v) is 16.2. The lowest BCUT2D eigenvalue weighted by molar-refractivity contribution is -0.133. The molecule has 2 aromatic carbocycles. The van der Waals surface area contributed by atoms with Crippen LogP contribution in [0.15, 0.2) is 46.9 Å². The van der Waals surface area contributed by atoms with Gasteiger partial charge in [0.1, 0.15) is 5.52 Å². The molecular formula is C20H20Cl2N2O2. The maximum atomic E-state index is 12.7. The Bertz CT molecular complexity index is 921. The fraction of sp³-hybridized carbons (Fsp3) is 0.300. The SMILES string of the molecule is CC(C)CC(=O)N(Cc1cccc(Cl)c1)Cc1nc2cc(Cl)ccc2o1. The first-order chi connectivity index (χ1) is 12.4. The Morgan fingerprint density at radius 3 is 2.62 bits per heavy atom. The van der Waals surface area contributed by atoms with Crippen LogP contribution in [0, 0.1) is 5.92 Å². The number of carbonyl (C=O) groups is 1. The molecule has 136 valence electrons. The van der Waals surface area contributed by atoms with Crippen LogP contribution >= 0.6 is 23.2 Å². The predicted molar refractivity (Wildman–Crippen MR) is 104 cm³/mol. The molecule has 0 aliphatic carbocycles. The number of hydrogen-bond donors (Lipinski definition) is 0. The van der Waals surface area contributed by atoms with Crippen molar-refractivity contribution in [3.8, 4) is 0 Å². The molecule has 0 atom stereocenters. The van der Waals surface area contributed by atoms with Crippen molar-refractivity contribution in [1.82, 2.24) is 9.88 Å². The van der Waals surface area contributed by atoms with Crippen LogP contribution in [0.4, 0.5) is 0 Å². The number of nitrogens with zero attached hydrogens (tertiary/aromatic N) is 2. The lowest BCUT2D eigenvalue weighted by Crippen LogP contribution is -2.31. The van der Waals surface area contributed by atoms with E-state index >= 15 is 0 Å². The van der Waals surface area contributed by atoms with E-state index in [1.165, 1.54) is 0 Å². The Morgan fingerprint density at radius 2 is 1.88 bits per heavy atom. The minimum Gasteiger partial charge on any atom is -0.439 e. The highest BCUT2D eigenvalue weighted by molar-refractivity contribution is 6.31. The van der Waals surface area contributed by atoms with E-state index in [-0.39, 0.29) is 11.8 Å². The van der Waals surface area contributed by atoms with Gasteiger partial charge >= 0.3 is 0 Å². The number of oxazole rings is 1. The van der Waals surface area contributed by atoms with E-state index < -0.39 is 0 Å². The molecule has 3 aromatic rings. The Labute approximate surface area is 162 Å². The standard InChI is InChI=1S/C20H20Cl2N2O2/c1-13(2)8-20(25)24(11-14-4-3-5-15(21)9-14)12-19-23-17-10-16(22)6-7-18(17)26-19/h3-7,9-10,13H,8,11-12H2,1-2H3. The fourth-order valence-corrected chi connectivity index (χ4v) is 3.12. The van der Waals surface area contributed by atoms with Crippen LogP contribution in [0.5, 0.6) is 0 Å². The zero-order valence-electron chi connectivity index (χ0n) is 14.7. The van der Waals surface area contributed by atoms with E-state index in [0.29, 0.717) is 46.5 Å². The van der Waals surface area contributed by atoms with Gasteiger partial charge < -0.3 is 9.32 Å². The molecule has 0 fully saturated rings. The lowest BCUT2D eigenvalue weighted by atomic mass is 10.1. The molecule has 1 aromatic heterocycles. The highest BCUT2D eigenvalue weighted by Crippen LogP contribution is 2.22. The van der Waals surface area contributed by atoms with Crippen molar-refractivity contribution in [2.75, 3.05) is 0 Å². The van der Waals surface area contributed by atoms with Gasteiger partial charge in [0, 0.05) is 23.0 Å². The van der Waals surface area contributed by atoms with Gasteiger partial charge in [0.05, 0.1) is 6.54 Å². The number of amides is 1. The number of hydrogen-bond acceptors (Lipinski definition) is 3. The Kier molecular flexibility index (Phi) is 5.84. The van der Waals surface area contributed by atoms with Gasteiger partial charge in [-0.3, -0.25) is 4.79 Å². The summed E-state index contributed by atoms with van der Waals surface area (Å²) in [6.45, 7) is 4.80. The molecule has 26 heavy (non-hydrogen) atoms. The summed E-state index contributed by atoms with van der Waals surface area (Å²) in [5.74, 6) is 0.813. The molecule has 0 bridgehead atoms. The predicted octanol–water partition coefficient (Wildman–Crippen LogP) is 5.71. The van der Waals surface area contributed by atoms with Crippen LogP contribution < -0.4 is 0 Å². The molecule has 0 aliphatic rings. The van der Waals surface area contributed by atoms with Crippen molar-refractivity contribution in [3.63, 3.8) is 0 Å². The molecule has 0 N–H and O–H groups in total. The second kappa shape index (κ2) is 8.11. The number of fused-ring (bicyclic) bond motifs is 1. The molecule has 4 nitrogen and oxygen atoms in total. The number of halogens is 2. The smallest absolute Gasteiger partial charge is 0.223 e. The van der Waals surface area contributed by atoms with Crippen LogP contribution in [-0.2, 0) is 17.9 Å². The minimum atomic E-state index is 0.0558. The van der Waals surface area contributed by atoms with E-state index in [2.05, 4.69) is 4.98 Å². The zero-order chi connectivity index (χ0) is 18.7. The van der Waals surface area contributed by atoms with Crippen molar-refractivity contribution in [3.05, 3.63) is 64.0 Å². The van der Waals surface area contributed by atoms with E-state index in [1.54, 1.807) is 23.1 Å². The largest absolute Gasteiger partial charge is 0.439 e. The molecule has 0 saturated heterocycles. The average Bonchev–Trinajstić information content (AvgIpc) is 2.95. The topological polar surface area (TPSA) is 46.3 Å². The highest BCUT2D eigenvalue weighted by atomic mass is 35.5. The van der Waals surface area contributed by atoms with E-state index in [9.17, 15) is 4.79 Å². The van der Waals surface area contributed by atoms with Crippen molar-refractivity contribution in [1.29, 1.82) is 0 Å². The summed E-state index contributed by atoms with van der Waals surface area (Å²) in [5, 5.41) is 1.25. The van der Waals surface area contributed by atoms with Gasteiger partial charge in [-0.05, 0) is 41.8 Å². The summed E-state index contributed by atoms with van der Waals surface area (Å²) in [6, 6.07) is 12.8. The molecule has 3 rings (SSSR count).